The van der Waals surface area contributed by atoms with E-state index in [1.807, 2.05) is 12.3 Å². The van der Waals surface area contributed by atoms with Crippen molar-refractivity contribution in [3.63, 3.8) is 0 Å². The van der Waals surface area contributed by atoms with Gasteiger partial charge in [0.1, 0.15) is 5.75 Å². The SMILES string of the molecule is CC(C)c1cc(OC2CC2)c(CN)cn1. The molecule has 82 valence electrons. The Morgan fingerprint density at radius 3 is 2.80 bits per heavy atom. The summed E-state index contributed by atoms with van der Waals surface area (Å²) in [6.07, 6.45) is 4.59. The Hall–Kier alpha value is -1.09. The van der Waals surface area contributed by atoms with Crippen LogP contribution >= 0.6 is 0 Å². The smallest absolute Gasteiger partial charge is 0.127 e. The average Bonchev–Trinajstić information content (AvgIpc) is 3.01. The molecule has 0 bridgehead atoms. The number of ether oxygens (including phenoxy) is 1. The molecule has 1 saturated carbocycles. The van der Waals surface area contributed by atoms with Crippen LogP contribution in [0.4, 0.5) is 0 Å². The highest BCUT2D eigenvalue weighted by Crippen LogP contribution is 2.30. The quantitative estimate of drug-likeness (QED) is 0.821. The Bertz CT molecular complexity index is 345. The number of nitrogens with two attached hydrogens (primary N) is 1. The van der Waals surface area contributed by atoms with E-state index in [0.717, 1.165) is 17.0 Å². The molecule has 1 heterocycles. The largest absolute Gasteiger partial charge is 0.490 e. The number of nitrogens with zero attached hydrogens (tertiary/aromatic N) is 1. The third-order valence-corrected chi connectivity index (χ3v) is 2.59. The second-order valence-corrected chi connectivity index (χ2v) is 4.39. The molecule has 0 amide bonds. The van der Waals surface area contributed by atoms with Gasteiger partial charge in [0.2, 0.25) is 0 Å². The summed E-state index contributed by atoms with van der Waals surface area (Å²) < 4.78 is 5.82. The third kappa shape index (κ3) is 2.48. The fourth-order valence-corrected chi connectivity index (χ4v) is 1.42. The van der Waals surface area contributed by atoms with Crippen molar-refractivity contribution >= 4 is 0 Å². The lowest BCUT2D eigenvalue weighted by Crippen LogP contribution is -2.06. The van der Waals surface area contributed by atoms with Gasteiger partial charge in [-0.05, 0) is 18.8 Å². The van der Waals surface area contributed by atoms with E-state index in [0.29, 0.717) is 18.6 Å². The summed E-state index contributed by atoms with van der Waals surface area (Å²) in [5, 5.41) is 0. The molecule has 1 aromatic rings. The minimum absolute atomic E-state index is 0.415. The van der Waals surface area contributed by atoms with E-state index >= 15 is 0 Å². The van der Waals surface area contributed by atoms with Gasteiger partial charge in [-0.1, -0.05) is 13.8 Å². The molecule has 0 spiro atoms. The molecule has 0 atom stereocenters. The van der Waals surface area contributed by atoms with Crippen LogP contribution in [-0.4, -0.2) is 11.1 Å². The van der Waals surface area contributed by atoms with Gasteiger partial charge in [-0.25, -0.2) is 0 Å². The van der Waals surface area contributed by atoms with E-state index in [1.165, 1.54) is 12.8 Å². The van der Waals surface area contributed by atoms with E-state index in [1.54, 1.807) is 0 Å². The van der Waals surface area contributed by atoms with Gasteiger partial charge in [0.25, 0.3) is 0 Å². The maximum atomic E-state index is 5.82. The van der Waals surface area contributed by atoms with E-state index in [9.17, 15) is 0 Å². The summed E-state index contributed by atoms with van der Waals surface area (Å²) in [6, 6.07) is 2.03. The lowest BCUT2D eigenvalue weighted by Gasteiger charge is -2.12. The van der Waals surface area contributed by atoms with Crippen molar-refractivity contribution < 1.29 is 4.74 Å². The molecule has 0 saturated heterocycles. The van der Waals surface area contributed by atoms with Crippen LogP contribution < -0.4 is 10.5 Å². The van der Waals surface area contributed by atoms with Crippen LogP contribution in [0.3, 0.4) is 0 Å². The summed E-state index contributed by atoms with van der Waals surface area (Å²) in [5.74, 6) is 1.36. The minimum atomic E-state index is 0.415. The zero-order valence-electron chi connectivity index (χ0n) is 9.36. The Balaban J connectivity index is 2.24. The first-order valence-corrected chi connectivity index (χ1v) is 5.56. The topological polar surface area (TPSA) is 48.1 Å². The van der Waals surface area contributed by atoms with Crippen LogP contribution in [0.2, 0.25) is 0 Å². The average molecular weight is 206 g/mol. The Morgan fingerprint density at radius 2 is 2.27 bits per heavy atom. The molecule has 2 rings (SSSR count). The Labute approximate surface area is 90.7 Å². The van der Waals surface area contributed by atoms with E-state index in [2.05, 4.69) is 18.8 Å². The van der Waals surface area contributed by atoms with Gasteiger partial charge in [-0.2, -0.15) is 0 Å². The van der Waals surface area contributed by atoms with Gasteiger partial charge in [0.15, 0.2) is 0 Å². The Kier molecular flexibility index (Phi) is 2.91. The second-order valence-electron chi connectivity index (χ2n) is 4.39. The summed E-state index contributed by atoms with van der Waals surface area (Å²) >= 11 is 0. The first-order valence-electron chi connectivity index (χ1n) is 5.56. The molecule has 1 fully saturated rings. The standard InChI is InChI=1S/C12H18N2O/c1-8(2)11-5-12(15-10-3-4-10)9(6-13)7-14-11/h5,7-8,10H,3-4,6,13H2,1-2H3. The van der Waals surface area contributed by atoms with E-state index < -0.39 is 0 Å². The van der Waals surface area contributed by atoms with Gasteiger partial charge in [0, 0.05) is 30.1 Å². The molecule has 0 aliphatic heterocycles. The molecule has 3 nitrogen and oxygen atoms in total. The van der Waals surface area contributed by atoms with Crippen molar-refractivity contribution in [2.45, 2.75) is 45.3 Å². The molecule has 1 aromatic heterocycles. The highest BCUT2D eigenvalue weighted by molar-refractivity contribution is 5.34. The first-order chi connectivity index (χ1) is 7.20. The molecule has 1 aliphatic rings. The van der Waals surface area contributed by atoms with Gasteiger partial charge in [-0.15, -0.1) is 0 Å². The number of rotatable bonds is 4. The molecule has 0 aromatic carbocycles. The van der Waals surface area contributed by atoms with Crippen LogP contribution in [0.15, 0.2) is 12.3 Å². The normalized spacial score (nSPS) is 15.7. The number of aromatic nitrogens is 1. The summed E-state index contributed by atoms with van der Waals surface area (Å²) in [4.78, 5) is 4.38. The van der Waals surface area contributed by atoms with Crippen molar-refractivity contribution in [3.05, 3.63) is 23.5 Å². The van der Waals surface area contributed by atoms with Crippen LogP contribution in [0, 0.1) is 0 Å². The van der Waals surface area contributed by atoms with Crippen molar-refractivity contribution in [3.8, 4) is 5.75 Å². The lowest BCUT2D eigenvalue weighted by atomic mass is 10.1. The summed E-state index contributed by atoms with van der Waals surface area (Å²) in [6.45, 7) is 4.75. The van der Waals surface area contributed by atoms with Gasteiger partial charge in [-0.3, -0.25) is 4.98 Å². The highest BCUT2D eigenvalue weighted by Gasteiger charge is 2.24. The zero-order chi connectivity index (χ0) is 10.8. The lowest BCUT2D eigenvalue weighted by molar-refractivity contribution is 0.299. The fraction of sp³-hybridized carbons (Fsp3) is 0.583. The van der Waals surface area contributed by atoms with Crippen molar-refractivity contribution in [2.24, 2.45) is 5.73 Å². The molecule has 3 heteroatoms. The monoisotopic (exact) mass is 206 g/mol. The third-order valence-electron chi connectivity index (χ3n) is 2.59. The summed E-state index contributed by atoms with van der Waals surface area (Å²) in [5.41, 5.74) is 7.73. The van der Waals surface area contributed by atoms with Gasteiger partial charge < -0.3 is 10.5 Å². The van der Waals surface area contributed by atoms with Gasteiger partial charge in [0.05, 0.1) is 6.10 Å². The predicted molar refractivity (Wildman–Crippen MR) is 59.9 cm³/mol. The molecule has 0 unspecified atom stereocenters. The predicted octanol–water partition coefficient (Wildman–Crippen LogP) is 2.20. The molecule has 2 N–H and O–H groups in total. The molecule has 1 aliphatic carbocycles. The van der Waals surface area contributed by atoms with Gasteiger partial charge >= 0.3 is 0 Å². The number of hydrogen-bond acceptors (Lipinski definition) is 3. The van der Waals surface area contributed by atoms with E-state index in [-0.39, 0.29) is 0 Å². The van der Waals surface area contributed by atoms with Crippen molar-refractivity contribution in [2.75, 3.05) is 0 Å². The highest BCUT2D eigenvalue weighted by atomic mass is 16.5. The molecular formula is C12H18N2O. The molecule has 15 heavy (non-hydrogen) atoms. The number of pyridine rings is 1. The van der Waals surface area contributed by atoms with Crippen LogP contribution in [0.1, 0.15) is 43.9 Å². The van der Waals surface area contributed by atoms with Crippen molar-refractivity contribution in [1.29, 1.82) is 0 Å². The molecule has 0 radical (unpaired) electrons. The fourth-order valence-electron chi connectivity index (χ4n) is 1.42. The first kappa shape index (κ1) is 10.4. The van der Waals surface area contributed by atoms with Crippen LogP contribution in [-0.2, 0) is 6.54 Å². The van der Waals surface area contributed by atoms with Crippen molar-refractivity contribution in [1.82, 2.24) is 4.98 Å². The minimum Gasteiger partial charge on any atom is -0.490 e. The van der Waals surface area contributed by atoms with E-state index in [4.69, 9.17) is 10.5 Å². The Morgan fingerprint density at radius 1 is 1.53 bits per heavy atom. The second kappa shape index (κ2) is 4.19. The van der Waals surface area contributed by atoms with Crippen LogP contribution in [0.5, 0.6) is 5.75 Å². The maximum absolute atomic E-state index is 5.82. The zero-order valence-corrected chi connectivity index (χ0v) is 9.36. The summed E-state index contributed by atoms with van der Waals surface area (Å²) in [7, 11) is 0. The molecular weight excluding hydrogens is 188 g/mol. The maximum Gasteiger partial charge on any atom is 0.127 e. The van der Waals surface area contributed by atoms with Crippen LogP contribution in [0.25, 0.3) is 0 Å². The number of hydrogen-bond donors (Lipinski definition) is 1.